The average Bonchev–Trinajstić information content (AvgIpc) is 3.43. The highest BCUT2D eigenvalue weighted by atomic mass is 79.9. The fourth-order valence-corrected chi connectivity index (χ4v) is 7.33. The Kier molecular flexibility index (Phi) is 9.27. The first kappa shape index (κ1) is 32.9. The van der Waals surface area contributed by atoms with Gasteiger partial charge in [0.25, 0.3) is 0 Å². The number of halogens is 3. The number of nitrogen functional groups attached to an aromatic ring is 1. The molecular weight excluding hydrogens is 683 g/mol. The van der Waals surface area contributed by atoms with Gasteiger partial charge in [0.2, 0.25) is 0 Å². The van der Waals surface area contributed by atoms with E-state index in [4.69, 9.17) is 28.9 Å². The van der Waals surface area contributed by atoms with Crippen molar-refractivity contribution in [2.75, 3.05) is 11.1 Å². The predicted molar refractivity (Wildman–Crippen MR) is 206 cm³/mol. The molecule has 0 heterocycles. The Balaban J connectivity index is 0.000000139. The molecule has 0 unspecified atom stereocenters. The van der Waals surface area contributed by atoms with E-state index in [0.717, 1.165) is 20.9 Å². The van der Waals surface area contributed by atoms with E-state index < -0.39 is 0 Å². The maximum absolute atomic E-state index is 6.26. The third-order valence-electron chi connectivity index (χ3n) is 9.19. The summed E-state index contributed by atoms with van der Waals surface area (Å²) in [5, 5.41) is 4.78. The summed E-state index contributed by atoms with van der Waals surface area (Å²) >= 11 is 15.4. The van der Waals surface area contributed by atoms with Crippen LogP contribution in [0.5, 0.6) is 0 Å². The van der Waals surface area contributed by atoms with Gasteiger partial charge < -0.3 is 11.1 Å². The average molecular weight is 721 g/mol. The van der Waals surface area contributed by atoms with Crippen LogP contribution in [0.25, 0.3) is 22.3 Å². The summed E-state index contributed by atoms with van der Waals surface area (Å²) in [6.45, 7) is 9.17. The molecule has 6 aromatic rings. The molecule has 0 aromatic heterocycles. The fourth-order valence-electron chi connectivity index (χ4n) is 6.65. The van der Waals surface area contributed by atoms with E-state index in [9.17, 15) is 0 Å². The Labute approximate surface area is 296 Å². The van der Waals surface area contributed by atoms with Crippen molar-refractivity contribution < 1.29 is 0 Å². The van der Waals surface area contributed by atoms with E-state index in [-0.39, 0.29) is 10.8 Å². The standard InChI is InChI=1S/C21H18ClN.C15H13Br.C6H6ClN/c1-21(2)17-8-4-3-7-15(17)16-12-11-14(13-18(16)21)23-20-10-6-5-9-19(20)22;1-15(2)13-6-4-3-5-11(13)12-8-7-10(16)9-14(12)15;7-5-3-1-2-4-6(5)8/h3-13,23H,1-2H3;3-9H,1-2H3;1-4H,8H2. The molecule has 0 saturated heterocycles. The van der Waals surface area contributed by atoms with E-state index >= 15 is 0 Å². The van der Waals surface area contributed by atoms with Crippen molar-refractivity contribution >= 4 is 56.2 Å². The van der Waals surface area contributed by atoms with Gasteiger partial charge in [-0.25, -0.2) is 0 Å². The lowest BCUT2D eigenvalue weighted by Gasteiger charge is -2.22. The molecule has 3 N–H and O–H groups in total. The van der Waals surface area contributed by atoms with Crippen molar-refractivity contribution in [1.29, 1.82) is 0 Å². The molecule has 0 amide bonds. The molecule has 2 aliphatic rings. The Morgan fingerprint density at radius 2 is 0.979 bits per heavy atom. The SMILES string of the molecule is CC1(C)c2ccccc2-c2ccc(Br)cc21.CC1(C)c2ccccc2-c2ccc(Nc3ccccc3Cl)cc21.Nc1ccccc1Cl. The van der Waals surface area contributed by atoms with Crippen LogP contribution in [-0.4, -0.2) is 0 Å². The molecule has 236 valence electrons. The molecule has 0 saturated carbocycles. The Hall–Kier alpha value is -4.02. The first-order valence-corrected chi connectivity index (χ1v) is 17.2. The molecule has 0 fully saturated rings. The lowest BCUT2D eigenvalue weighted by molar-refractivity contribution is 0.660. The van der Waals surface area contributed by atoms with Gasteiger partial charge in [-0.2, -0.15) is 0 Å². The number of nitrogens with one attached hydrogen (secondary N) is 1. The number of hydrogen-bond acceptors (Lipinski definition) is 2. The second kappa shape index (κ2) is 13.2. The highest BCUT2D eigenvalue weighted by molar-refractivity contribution is 9.10. The molecule has 2 aliphatic carbocycles. The van der Waals surface area contributed by atoms with Crippen molar-refractivity contribution in [1.82, 2.24) is 0 Å². The van der Waals surface area contributed by atoms with Gasteiger partial charge in [-0.3, -0.25) is 0 Å². The Bertz CT molecular complexity index is 2060. The van der Waals surface area contributed by atoms with Crippen molar-refractivity contribution in [3.05, 3.63) is 170 Å². The van der Waals surface area contributed by atoms with Crippen LogP contribution in [0.15, 0.2) is 138 Å². The van der Waals surface area contributed by atoms with E-state index in [1.807, 2.05) is 36.4 Å². The number of benzene rings is 6. The molecule has 0 atom stereocenters. The van der Waals surface area contributed by atoms with Crippen LogP contribution in [-0.2, 0) is 10.8 Å². The second-order valence-electron chi connectivity index (χ2n) is 12.9. The van der Waals surface area contributed by atoms with Gasteiger partial charge in [0.05, 0.1) is 21.4 Å². The van der Waals surface area contributed by atoms with E-state index in [1.54, 1.807) is 12.1 Å². The maximum atomic E-state index is 6.26. The lowest BCUT2D eigenvalue weighted by Crippen LogP contribution is -2.15. The van der Waals surface area contributed by atoms with Crippen LogP contribution < -0.4 is 11.1 Å². The zero-order valence-corrected chi connectivity index (χ0v) is 30.0. The maximum Gasteiger partial charge on any atom is 0.0640 e. The first-order chi connectivity index (χ1) is 22.5. The Morgan fingerprint density at radius 3 is 1.53 bits per heavy atom. The smallest absolute Gasteiger partial charge is 0.0640 e. The number of hydrogen-bond donors (Lipinski definition) is 2. The van der Waals surface area contributed by atoms with Crippen LogP contribution in [0, 0.1) is 0 Å². The summed E-state index contributed by atoms with van der Waals surface area (Å²) in [6.07, 6.45) is 0. The minimum atomic E-state index is 0.0180. The molecule has 6 aromatic carbocycles. The number of nitrogens with two attached hydrogens (primary N) is 1. The van der Waals surface area contributed by atoms with Crippen LogP contribution in [0.4, 0.5) is 17.1 Å². The van der Waals surface area contributed by atoms with Crippen molar-refractivity contribution in [2.45, 2.75) is 38.5 Å². The highest BCUT2D eigenvalue weighted by Gasteiger charge is 2.36. The summed E-state index contributed by atoms with van der Waals surface area (Å²) < 4.78 is 1.16. The van der Waals surface area contributed by atoms with Crippen LogP contribution >= 0.6 is 39.1 Å². The van der Waals surface area contributed by atoms with E-state index in [1.165, 1.54) is 44.5 Å². The van der Waals surface area contributed by atoms with Gasteiger partial charge in [-0.05, 0) is 93.0 Å². The van der Waals surface area contributed by atoms with Crippen molar-refractivity contribution in [3.8, 4) is 22.3 Å². The summed E-state index contributed by atoms with van der Waals surface area (Å²) in [5.41, 5.74) is 19.2. The second-order valence-corrected chi connectivity index (χ2v) is 14.6. The minimum Gasteiger partial charge on any atom is -0.398 e. The summed E-state index contributed by atoms with van der Waals surface area (Å²) in [7, 11) is 0. The van der Waals surface area contributed by atoms with Gasteiger partial charge in [-0.15, -0.1) is 0 Å². The largest absolute Gasteiger partial charge is 0.398 e. The number of anilines is 3. The normalized spacial score (nSPS) is 13.9. The van der Waals surface area contributed by atoms with Crippen molar-refractivity contribution in [2.24, 2.45) is 0 Å². The highest BCUT2D eigenvalue weighted by Crippen LogP contribution is 2.50. The molecule has 0 aliphatic heterocycles. The van der Waals surface area contributed by atoms with E-state index in [2.05, 4.69) is 134 Å². The van der Waals surface area contributed by atoms with Crippen LogP contribution in [0.1, 0.15) is 49.9 Å². The summed E-state index contributed by atoms with van der Waals surface area (Å²) in [5.74, 6) is 0. The number of para-hydroxylation sites is 2. The zero-order valence-electron chi connectivity index (χ0n) is 26.9. The zero-order chi connectivity index (χ0) is 33.3. The third-order valence-corrected chi connectivity index (χ3v) is 10.4. The van der Waals surface area contributed by atoms with Crippen molar-refractivity contribution in [3.63, 3.8) is 0 Å². The summed E-state index contributed by atoms with van der Waals surface area (Å²) in [6, 6.07) is 45.6. The lowest BCUT2D eigenvalue weighted by atomic mass is 9.82. The molecule has 2 nitrogen and oxygen atoms in total. The predicted octanol–water partition coefficient (Wildman–Crippen LogP) is 13.1. The third kappa shape index (κ3) is 6.45. The van der Waals surface area contributed by atoms with E-state index in [0.29, 0.717) is 10.7 Å². The quantitative estimate of drug-likeness (QED) is 0.175. The van der Waals surface area contributed by atoms with Crippen LogP contribution in [0.3, 0.4) is 0 Å². The minimum absolute atomic E-state index is 0.0180. The molecule has 5 heteroatoms. The molecule has 0 spiro atoms. The van der Waals surface area contributed by atoms with Gasteiger partial charge in [-0.1, -0.05) is 152 Å². The number of rotatable bonds is 2. The molecule has 47 heavy (non-hydrogen) atoms. The molecule has 0 radical (unpaired) electrons. The van der Waals surface area contributed by atoms with Gasteiger partial charge >= 0.3 is 0 Å². The molecule has 8 rings (SSSR count). The van der Waals surface area contributed by atoms with Gasteiger partial charge in [0.15, 0.2) is 0 Å². The van der Waals surface area contributed by atoms with Gasteiger partial charge in [0.1, 0.15) is 0 Å². The number of fused-ring (bicyclic) bond motifs is 6. The van der Waals surface area contributed by atoms with Crippen LogP contribution in [0.2, 0.25) is 10.0 Å². The summed E-state index contributed by atoms with van der Waals surface area (Å²) in [4.78, 5) is 0. The monoisotopic (exact) mass is 718 g/mol. The molecule has 0 bridgehead atoms. The molecular formula is C42H37BrCl2N2. The first-order valence-electron chi connectivity index (χ1n) is 15.6. The fraction of sp³-hybridized carbons (Fsp3) is 0.143. The Morgan fingerprint density at radius 1 is 0.511 bits per heavy atom. The topological polar surface area (TPSA) is 38.0 Å². The van der Waals surface area contributed by atoms with Gasteiger partial charge in [0, 0.05) is 21.0 Å².